The standard InChI is InChI=1S/C21H26F3N5O4/c1-29-5-4-27-17(29)11-28-18(30)7-13-6-15-20(32-13)19(31)16(33-15)10-26-9-12-8-25-3-2-14(12)21(22,23)24/h2-5,8,13,15-16,19-20,26,31H,6-7,9-11H2,1H3,(H,28,30). The summed E-state index contributed by atoms with van der Waals surface area (Å²) in [6.07, 6.45) is -1.06. The molecule has 0 aromatic carbocycles. The molecule has 2 aliphatic heterocycles. The van der Waals surface area contributed by atoms with Crippen molar-refractivity contribution in [3.63, 3.8) is 0 Å². The molecule has 3 N–H and O–H groups in total. The van der Waals surface area contributed by atoms with Crippen LogP contribution in [-0.2, 0) is 40.6 Å². The van der Waals surface area contributed by atoms with Crippen molar-refractivity contribution in [3.05, 3.63) is 47.8 Å². The number of carbonyl (C=O) groups excluding carboxylic acids is 1. The lowest BCUT2D eigenvalue weighted by Crippen LogP contribution is -2.39. The van der Waals surface area contributed by atoms with Gasteiger partial charge in [-0.05, 0) is 11.6 Å². The van der Waals surface area contributed by atoms with Gasteiger partial charge in [-0.3, -0.25) is 9.78 Å². The molecule has 2 aromatic rings. The zero-order valence-electron chi connectivity index (χ0n) is 18.0. The number of aryl methyl sites for hydroxylation is 1. The highest BCUT2D eigenvalue weighted by Gasteiger charge is 2.50. The van der Waals surface area contributed by atoms with Gasteiger partial charge in [-0.2, -0.15) is 13.2 Å². The Labute approximate surface area is 188 Å². The molecule has 5 unspecified atom stereocenters. The summed E-state index contributed by atoms with van der Waals surface area (Å²) in [6, 6.07) is 0.933. The van der Waals surface area contributed by atoms with E-state index in [-0.39, 0.29) is 43.2 Å². The van der Waals surface area contributed by atoms with Gasteiger partial charge in [0.05, 0.1) is 36.8 Å². The fourth-order valence-corrected chi connectivity index (χ4v) is 4.23. The predicted octanol–water partition coefficient (Wildman–Crippen LogP) is 0.916. The molecule has 180 valence electrons. The topological polar surface area (TPSA) is 111 Å². The summed E-state index contributed by atoms with van der Waals surface area (Å²) in [6.45, 7) is 0.393. The number of fused-ring (bicyclic) bond motifs is 1. The first-order valence-corrected chi connectivity index (χ1v) is 10.6. The van der Waals surface area contributed by atoms with Crippen LogP contribution in [0.2, 0.25) is 0 Å². The number of amides is 1. The van der Waals surface area contributed by atoms with E-state index >= 15 is 0 Å². The van der Waals surface area contributed by atoms with Gasteiger partial charge < -0.3 is 29.8 Å². The van der Waals surface area contributed by atoms with Crippen molar-refractivity contribution in [1.82, 2.24) is 25.2 Å². The fraction of sp³-hybridized carbons (Fsp3) is 0.571. The molecule has 0 bridgehead atoms. The van der Waals surface area contributed by atoms with E-state index in [1.807, 2.05) is 11.6 Å². The first kappa shape index (κ1) is 23.6. The molecule has 12 heteroatoms. The Morgan fingerprint density at radius 3 is 2.82 bits per heavy atom. The summed E-state index contributed by atoms with van der Waals surface area (Å²) in [7, 11) is 1.84. The largest absolute Gasteiger partial charge is 0.416 e. The highest BCUT2D eigenvalue weighted by Crippen LogP contribution is 2.35. The lowest BCUT2D eigenvalue weighted by Gasteiger charge is -2.20. The van der Waals surface area contributed by atoms with Crippen molar-refractivity contribution in [2.45, 2.75) is 62.6 Å². The maximum absolute atomic E-state index is 13.1. The maximum Gasteiger partial charge on any atom is 0.416 e. The molecule has 5 atom stereocenters. The van der Waals surface area contributed by atoms with Gasteiger partial charge in [0.15, 0.2) is 0 Å². The van der Waals surface area contributed by atoms with E-state index in [4.69, 9.17) is 9.47 Å². The van der Waals surface area contributed by atoms with Gasteiger partial charge in [0, 0.05) is 51.3 Å². The Hall–Kier alpha value is -2.54. The number of ether oxygens (including phenoxy) is 2. The number of pyridine rings is 1. The first-order chi connectivity index (χ1) is 15.7. The van der Waals surface area contributed by atoms with Crippen LogP contribution in [0, 0.1) is 0 Å². The summed E-state index contributed by atoms with van der Waals surface area (Å²) < 4.78 is 52.8. The highest BCUT2D eigenvalue weighted by molar-refractivity contribution is 5.76. The molecule has 4 heterocycles. The third kappa shape index (κ3) is 5.52. The van der Waals surface area contributed by atoms with Crippen molar-refractivity contribution in [2.24, 2.45) is 7.05 Å². The van der Waals surface area contributed by atoms with Crippen LogP contribution in [0.4, 0.5) is 13.2 Å². The number of imidazole rings is 1. The summed E-state index contributed by atoms with van der Waals surface area (Å²) in [5.41, 5.74) is -0.729. The van der Waals surface area contributed by atoms with Gasteiger partial charge in [0.2, 0.25) is 5.91 Å². The molecule has 9 nitrogen and oxygen atoms in total. The van der Waals surface area contributed by atoms with Crippen LogP contribution in [0.1, 0.15) is 29.8 Å². The van der Waals surface area contributed by atoms with Crippen molar-refractivity contribution in [1.29, 1.82) is 0 Å². The highest BCUT2D eigenvalue weighted by atomic mass is 19.4. The van der Waals surface area contributed by atoms with E-state index in [0.29, 0.717) is 13.0 Å². The number of nitrogens with zero attached hydrogens (tertiary/aromatic N) is 3. The van der Waals surface area contributed by atoms with E-state index in [1.54, 1.807) is 12.4 Å². The number of aliphatic hydroxyl groups is 1. The van der Waals surface area contributed by atoms with Gasteiger partial charge in [-0.15, -0.1) is 0 Å². The number of hydrogen-bond acceptors (Lipinski definition) is 7. The minimum absolute atomic E-state index is 0.0190. The van der Waals surface area contributed by atoms with Crippen molar-refractivity contribution < 1.29 is 32.5 Å². The third-order valence-electron chi connectivity index (χ3n) is 5.93. The average molecular weight is 469 g/mol. The average Bonchev–Trinajstić information content (AvgIpc) is 3.43. The molecule has 2 saturated heterocycles. The molecule has 0 spiro atoms. The van der Waals surface area contributed by atoms with Crippen molar-refractivity contribution >= 4 is 5.91 Å². The zero-order chi connectivity index (χ0) is 23.6. The van der Waals surface area contributed by atoms with Crippen molar-refractivity contribution in [3.8, 4) is 0 Å². The van der Waals surface area contributed by atoms with E-state index in [9.17, 15) is 23.1 Å². The molecule has 2 fully saturated rings. The number of alkyl halides is 3. The molecule has 0 aliphatic carbocycles. The summed E-state index contributed by atoms with van der Waals surface area (Å²) >= 11 is 0. The number of nitrogens with one attached hydrogen (secondary N) is 2. The maximum atomic E-state index is 13.1. The SMILES string of the molecule is Cn1ccnc1CNC(=O)CC1CC2OC(CNCc3cnccc3C(F)(F)F)C(O)C2O1. The smallest absolute Gasteiger partial charge is 0.388 e. The molecule has 0 saturated carbocycles. The predicted molar refractivity (Wildman–Crippen MR) is 109 cm³/mol. The van der Waals surface area contributed by atoms with Crippen LogP contribution in [0.25, 0.3) is 0 Å². The number of halogens is 3. The molecule has 2 aliphatic rings. The zero-order valence-corrected chi connectivity index (χ0v) is 18.0. The molecular weight excluding hydrogens is 443 g/mol. The van der Waals surface area contributed by atoms with E-state index in [2.05, 4.69) is 20.6 Å². The Morgan fingerprint density at radius 1 is 1.30 bits per heavy atom. The van der Waals surface area contributed by atoms with Gasteiger partial charge in [0.1, 0.15) is 18.0 Å². The van der Waals surface area contributed by atoms with Gasteiger partial charge >= 0.3 is 6.18 Å². The van der Waals surface area contributed by atoms with Gasteiger partial charge in [0.25, 0.3) is 0 Å². The van der Waals surface area contributed by atoms with Crippen LogP contribution in [-0.4, -0.2) is 62.6 Å². The minimum Gasteiger partial charge on any atom is -0.388 e. The van der Waals surface area contributed by atoms with E-state index in [1.165, 1.54) is 6.20 Å². The second kappa shape index (κ2) is 9.75. The summed E-state index contributed by atoms with van der Waals surface area (Å²) in [5.74, 6) is 0.544. The van der Waals surface area contributed by atoms with Crippen LogP contribution in [0.15, 0.2) is 30.9 Å². The number of hydrogen-bond donors (Lipinski definition) is 3. The lowest BCUT2D eigenvalue weighted by atomic mass is 10.1. The second-order valence-electron chi connectivity index (χ2n) is 8.26. The minimum atomic E-state index is -4.47. The summed E-state index contributed by atoms with van der Waals surface area (Å²) in [5, 5.41) is 16.3. The normalized spacial score (nSPS) is 27.0. The molecule has 33 heavy (non-hydrogen) atoms. The van der Waals surface area contributed by atoms with Crippen LogP contribution in [0.5, 0.6) is 0 Å². The van der Waals surface area contributed by atoms with Crippen LogP contribution in [0.3, 0.4) is 0 Å². The molecule has 4 rings (SSSR count). The molecule has 2 aromatic heterocycles. The molecule has 0 radical (unpaired) electrons. The lowest BCUT2D eigenvalue weighted by molar-refractivity contribution is -0.138. The quantitative estimate of drug-likeness (QED) is 0.527. The number of aromatic nitrogens is 3. The van der Waals surface area contributed by atoms with Crippen LogP contribution < -0.4 is 10.6 Å². The Bertz CT molecular complexity index is 969. The van der Waals surface area contributed by atoms with Gasteiger partial charge in [-0.1, -0.05) is 0 Å². The number of rotatable bonds is 8. The van der Waals surface area contributed by atoms with Crippen LogP contribution >= 0.6 is 0 Å². The Kier molecular flexibility index (Phi) is 6.98. The summed E-state index contributed by atoms with van der Waals surface area (Å²) in [4.78, 5) is 20.1. The van der Waals surface area contributed by atoms with Gasteiger partial charge in [-0.25, -0.2) is 4.98 Å². The molecular formula is C21H26F3N5O4. The Morgan fingerprint density at radius 2 is 2.12 bits per heavy atom. The molecule has 1 amide bonds. The van der Waals surface area contributed by atoms with E-state index in [0.717, 1.165) is 18.1 Å². The fourth-order valence-electron chi connectivity index (χ4n) is 4.23. The van der Waals surface area contributed by atoms with E-state index < -0.39 is 30.1 Å². The number of carbonyl (C=O) groups is 1. The Balaban J connectivity index is 1.21. The second-order valence-corrected chi connectivity index (χ2v) is 8.26. The number of aliphatic hydroxyl groups excluding tert-OH is 1. The third-order valence-corrected chi connectivity index (χ3v) is 5.93. The first-order valence-electron chi connectivity index (χ1n) is 10.6. The van der Waals surface area contributed by atoms with Crippen molar-refractivity contribution in [2.75, 3.05) is 6.54 Å². The monoisotopic (exact) mass is 469 g/mol.